The Labute approximate surface area is 132 Å². The molecule has 2 nitrogen and oxygen atoms in total. The quantitative estimate of drug-likeness (QED) is 0.330. The van der Waals surface area contributed by atoms with Gasteiger partial charge in [0.15, 0.2) is 0 Å². The SMILES string of the molecule is CC(C)CC(SCCCC(F)(F)C(F)(F)F)C(=O)OC(C)C. The smallest absolute Gasteiger partial charge is 0.453 e. The fourth-order valence-corrected chi connectivity index (χ4v) is 2.94. The third-order valence-electron chi connectivity index (χ3n) is 2.67. The maximum Gasteiger partial charge on any atom is 0.453 e. The van der Waals surface area contributed by atoms with E-state index in [4.69, 9.17) is 4.74 Å². The highest BCUT2D eigenvalue weighted by molar-refractivity contribution is 8.00. The number of esters is 1. The van der Waals surface area contributed by atoms with Gasteiger partial charge in [0.2, 0.25) is 0 Å². The van der Waals surface area contributed by atoms with Crippen LogP contribution in [-0.4, -0.2) is 35.2 Å². The molecule has 1 unspecified atom stereocenters. The van der Waals surface area contributed by atoms with E-state index in [1.165, 1.54) is 0 Å². The molecule has 0 rings (SSSR count). The molecule has 0 aromatic carbocycles. The number of hydrogen-bond acceptors (Lipinski definition) is 3. The summed E-state index contributed by atoms with van der Waals surface area (Å²) in [5.41, 5.74) is 0. The summed E-state index contributed by atoms with van der Waals surface area (Å²) in [6.45, 7) is 7.18. The van der Waals surface area contributed by atoms with E-state index in [0.717, 1.165) is 11.8 Å². The van der Waals surface area contributed by atoms with Crippen LogP contribution in [0.25, 0.3) is 0 Å². The molecule has 0 radical (unpaired) electrons. The minimum absolute atomic E-state index is 0.0518. The molecule has 0 bridgehead atoms. The molecule has 0 aliphatic rings. The molecule has 0 aliphatic carbocycles. The van der Waals surface area contributed by atoms with Gasteiger partial charge in [-0.05, 0) is 38.4 Å². The highest BCUT2D eigenvalue weighted by atomic mass is 32.2. The average Bonchev–Trinajstić information content (AvgIpc) is 2.30. The van der Waals surface area contributed by atoms with Gasteiger partial charge in [-0.15, -0.1) is 11.8 Å². The molecule has 0 fully saturated rings. The Morgan fingerprint density at radius 3 is 2.05 bits per heavy atom. The van der Waals surface area contributed by atoms with Crippen LogP contribution in [-0.2, 0) is 9.53 Å². The van der Waals surface area contributed by atoms with Crippen LogP contribution >= 0.6 is 11.8 Å². The molecule has 0 aliphatic heterocycles. The zero-order valence-electron chi connectivity index (χ0n) is 13.2. The summed E-state index contributed by atoms with van der Waals surface area (Å²) < 4.78 is 66.7. The van der Waals surface area contributed by atoms with Crippen molar-refractivity contribution in [3.8, 4) is 0 Å². The summed E-state index contributed by atoms with van der Waals surface area (Å²) in [4.78, 5) is 11.9. The summed E-state index contributed by atoms with van der Waals surface area (Å²) in [5.74, 6) is -4.89. The number of carbonyl (C=O) groups excluding carboxylic acids is 1. The highest BCUT2D eigenvalue weighted by Crippen LogP contribution is 2.39. The molecular weight excluding hydrogens is 327 g/mol. The van der Waals surface area contributed by atoms with Gasteiger partial charge in [0.1, 0.15) is 5.25 Å². The van der Waals surface area contributed by atoms with Crippen LogP contribution in [0.15, 0.2) is 0 Å². The van der Waals surface area contributed by atoms with E-state index in [-0.39, 0.29) is 24.2 Å². The van der Waals surface area contributed by atoms with Crippen LogP contribution < -0.4 is 0 Å². The van der Waals surface area contributed by atoms with E-state index >= 15 is 0 Å². The Morgan fingerprint density at radius 1 is 1.09 bits per heavy atom. The summed E-state index contributed by atoms with van der Waals surface area (Å²) >= 11 is 1.08. The van der Waals surface area contributed by atoms with E-state index in [0.29, 0.717) is 6.42 Å². The lowest BCUT2D eigenvalue weighted by atomic mass is 10.1. The number of hydrogen-bond donors (Lipinski definition) is 0. The monoisotopic (exact) mass is 350 g/mol. The number of thioether (sulfide) groups is 1. The third-order valence-corrected chi connectivity index (χ3v) is 3.98. The van der Waals surface area contributed by atoms with Crippen molar-refractivity contribution in [3.63, 3.8) is 0 Å². The standard InChI is InChI=1S/C14H23F5O2S/c1-9(2)8-11(12(20)21-10(3)4)22-7-5-6-13(15,16)14(17,18)19/h9-11H,5-8H2,1-4H3. The Kier molecular flexibility index (Phi) is 8.72. The van der Waals surface area contributed by atoms with Gasteiger partial charge in [-0.3, -0.25) is 4.79 Å². The van der Waals surface area contributed by atoms with Gasteiger partial charge >= 0.3 is 18.1 Å². The van der Waals surface area contributed by atoms with Crippen LogP contribution in [0, 0.1) is 5.92 Å². The Balaban J connectivity index is 4.38. The van der Waals surface area contributed by atoms with Crippen molar-refractivity contribution in [2.45, 2.75) is 70.4 Å². The van der Waals surface area contributed by atoms with Crippen molar-refractivity contribution in [2.75, 3.05) is 5.75 Å². The summed E-state index contributed by atoms with van der Waals surface area (Å²) in [6.07, 6.45) is -6.91. The van der Waals surface area contributed by atoms with Crippen LogP contribution in [0.4, 0.5) is 22.0 Å². The van der Waals surface area contributed by atoms with E-state index < -0.39 is 29.7 Å². The zero-order chi connectivity index (χ0) is 17.6. The molecule has 132 valence electrons. The van der Waals surface area contributed by atoms with Crippen molar-refractivity contribution in [1.29, 1.82) is 0 Å². The first-order valence-corrected chi connectivity index (χ1v) is 8.18. The number of rotatable bonds is 9. The van der Waals surface area contributed by atoms with E-state index in [1.807, 2.05) is 13.8 Å². The van der Waals surface area contributed by atoms with Crippen molar-refractivity contribution in [2.24, 2.45) is 5.92 Å². The lowest BCUT2D eigenvalue weighted by Gasteiger charge is -2.21. The predicted molar refractivity (Wildman–Crippen MR) is 77.2 cm³/mol. The minimum atomic E-state index is -5.52. The third kappa shape index (κ3) is 8.19. The van der Waals surface area contributed by atoms with Gasteiger partial charge in [-0.2, -0.15) is 22.0 Å². The van der Waals surface area contributed by atoms with Crippen molar-refractivity contribution >= 4 is 17.7 Å². The van der Waals surface area contributed by atoms with Crippen LogP contribution in [0.1, 0.15) is 47.0 Å². The van der Waals surface area contributed by atoms with Gasteiger partial charge in [0, 0.05) is 6.42 Å². The largest absolute Gasteiger partial charge is 0.462 e. The number of alkyl halides is 5. The fourth-order valence-electron chi connectivity index (χ4n) is 1.63. The molecular formula is C14H23F5O2S. The zero-order valence-corrected chi connectivity index (χ0v) is 14.0. The molecule has 0 aromatic rings. The second-order valence-corrected chi connectivity index (χ2v) is 7.09. The first kappa shape index (κ1) is 21.5. The fraction of sp³-hybridized carbons (Fsp3) is 0.929. The van der Waals surface area contributed by atoms with Gasteiger partial charge in [-0.1, -0.05) is 13.8 Å². The molecule has 8 heteroatoms. The summed E-state index contributed by atoms with van der Waals surface area (Å²) in [6, 6.07) is 0. The van der Waals surface area contributed by atoms with Crippen LogP contribution in [0.2, 0.25) is 0 Å². The number of carbonyl (C=O) groups is 1. The molecule has 0 amide bonds. The molecule has 22 heavy (non-hydrogen) atoms. The Hall–Kier alpha value is -0.530. The van der Waals surface area contributed by atoms with Gasteiger partial charge < -0.3 is 4.74 Å². The van der Waals surface area contributed by atoms with Gasteiger partial charge in [0.25, 0.3) is 0 Å². The average molecular weight is 350 g/mol. The molecule has 0 heterocycles. The first-order chi connectivity index (χ1) is 9.86. The number of halogens is 5. The molecule has 1 atom stereocenters. The lowest BCUT2D eigenvalue weighted by Crippen LogP contribution is -2.36. The predicted octanol–water partition coefficient (Wildman–Crippen LogP) is 5.06. The summed E-state index contributed by atoms with van der Waals surface area (Å²) in [7, 11) is 0. The molecule has 0 aromatic heterocycles. The Morgan fingerprint density at radius 2 is 1.64 bits per heavy atom. The second kappa shape index (κ2) is 8.93. The Bertz CT molecular complexity index is 343. The highest BCUT2D eigenvalue weighted by Gasteiger charge is 2.56. The van der Waals surface area contributed by atoms with Gasteiger partial charge in [0.05, 0.1) is 6.10 Å². The van der Waals surface area contributed by atoms with E-state index in [2.05, 4.69) is 0 Å². The lowest BCUT2D eigenvalue weighted by molar-refractivity contribution is -0.284. The normalized spacial score (nSPS) is 14.5. The van der Waals surface area contributed by atoms with E-state index in [9.17, 15) is 26.7 Å². The van der Waals surface area contributed by atoms with Crippen molar-refractivity contribution in [3.05, 3.63) is 0 Å². The maximum atomic E-state index is 12.8. The van der Waals surface area contributed by atoms with Crippen LogP contribution in [0.5, 0.6) is 0 Å². The first-order valence-electron chi connectivity index (χ1n) is 7.13. The topological polar surface area (TPSA) is 26.3 Å². The molecule has 0 spiro atoms. The van der Waals surface area contributed by atoms with Crippen molar-refractivity contribution < 1.29 is 31.5 Å². The molecule has 0 saturated carbocycles. The minimum Gasteiger partial charge on any atom is -0.462 e. The van der Waals surface area contributed by atoms with Crippen molar-refractivity contribution in [1.82, 2.24) is 0 Å². The second-order valence-electron chi connectivity index (χ2n) is 5.78. The molecule has 0 N–H and O–H groups in total. The van der Waals surface area contributed by atoms with Gasteiger partial charge in [-0.25, -0.2) is 0 Å². The maximum absolute atomic E-state index is 12.8. The van der Waals surface area contributed by atoms with Crippen LogP contribution in [0.3, 0.4) is 0 Å². The summed E-state index contributed by atoms with van der Waals surface area (Å²) in [5, 5.41) is -0.540. The molecule has 0 saturated heterocycles. The number of ether oxygens (including phenoxy) is 1. The van der Waals surface area contributed by atoms with E-state index in [1.54, 1.807) is 13.8 Å².